The van der Waals surface area contributed by atoms with E-state index in [1.807, 2.05) is 18.2 Å². The molecule has 28 heavy (non-hydrogen) atoms. The molecule has 0 spiro atoms. The number of fused-ring (bicyclic) bond motifs is 1. The fourth-order valence-corrected chi connectivity index (χ4v) is 3.42. The van der Waals surface area contributed by atoms with Gasteiger partial charge in [0.15, 0.2) is 5.82 Å². The Labute approximate surface area is 159 Å². The number of nitrogens with one attached hydrogen (secondary N) is 3. The van der Waals surface area contributed by atoms with Crippen LogP contribution in [0.15, 0.2) is 36.8 Å². The first-order valence-electron chi connectivity index (χ1n) is 9.10. The first kappa shape index (κ1) is 16.7. The van der Waals surface area contributed by atoms with E-state index in [-0.39, 0.29) is 17.8 Å². The van der Waals surface area contributed by atoms with Crippen LogP contribution in [-0.2, 0) is 0 Å². The Bertz CT molecular complexity index is 1150. The zero-order chi connectivity index (χ0) is 19.3. The highest BCUT2D eigenvalue weighted by atomic mass is 19.1. The van der Waals surface area contributed by atoms with Crippen LogP contribution in [0.25, 0.3) is 11.0 Å². The van der Waals surface area contributed by atoms with Gasteiger partial charge in [-0.3, -0.25) is 5.10 Å². The fourth-order valence-electron chi connectivity index (χ4n) is 3.42. The molecule has 0 amide bonds. The van der Waals surface area contributed by atoms with Gasteiger partial charge in [-0.05, 0) is 24.1 Å². The first-order chi connectivity index (χ1) is 13.6. The van der Waals surface area contributed by atoms with Gasteiger partial charge in [0.2, 0.25) is 5.95 Å². The molecule has 9 heteroatoms. The molecule has 0 aliphatic heterocycles. The number of aromatic nitrogens is 6. The predicted octanol–water partition coefficient (Wildman–Crippen LogP) is 3.38. The molecular weight excluding hydrogens is 359 g/mol. The number of nitrogens with two attached hydrogens (primary N) is 1. The van der Waals surface area contributed by atoms with Gasteiger partial charge in [-0.2, -0.15) is 10.1 Å². The smallest absolute Gasteiger partial charge is 0.221 e. The van der Waals surface area contributed by atoms with E-state index in [1.165, 1.54) is 0 Å². The van der Waals surface area contributed by atoms with Gasteiger partial charge in [-0.15, -0.1) is 0 Å². The van der Waals surface area contributed by atoms with Crippen molar-refractivity contribution in [2.24, 2.45) is 0 Å². The van der Waals surface area contributed by atoms with Gasteiger partial charge < -0.3 is 16.0 Å². The van der Waals surface area contributed by atoms with Crippen molar-refractivity contribution in [3.63, 3.8) is 0 Å². The standard InChI is InChI=1S/C19H19FN8/c1-9(10-2-3-14-16(4-10)24-8-23-14)12-7-22-19(21)26-18(12)25-17-6-15(27-28-17)11-5-13(11)20/h2-4,6-9,11,13H,5H2,1H3,(H,23,24)(H4,21,22,25,26,27,28)/t9-,11+,13+/m0/s1. The lowest BCUT2D eigenvalue weighted by atomic mass is 9.94. The van der Waals surface area contributed by atoms with Crippen LogP contribution in [0, 0.1) is 0 Å². The van der Waals surface area contributed by atoms with Gasteiger partial charge >= 0.3 is 0 Å². The number of hydrogen-bond acceptors (Lipinski definition) is 6. The number of alkyl halides is 1. The van der Waals surface area contributed by atoms with Crippen molar-refractivity contribution in [3.05, 3.63) is 53.6 Å². The summed E-state index contributed by atoms with van der Waals surface area (Å²) in [5.74, 6) is 1.25. The zero-order valence-electron chi connectivity index (χ0n) is 15.1. The number of aromatic amines is 2. The highest BCUT2D eigenvalue weighted by molar-refractivity contribution is 5.75. The van der Waals surface area contributed by atoms with Crippen LogP contribution < -0.4 is 11.1 Å². The van der Waals surface area contributed by atoms with Crippen LogP contribution in [0.1, 0.15) is 42.0 Å². The minimum absolute atomic E-state index is 0.00728. The number of nitrogen functional groups attached to an aromatic ring is 1. The van der Waals surface area contributed by atoms with Crippen LogP contribution in [0.3, 0.4) is 0 Å². The summed E-state index contributed by atoms with van der Waals surface area (Å²) in [7, 11) is 0. The minimum atomic E-state index is -0.782. The molecule has 1 saturated carbocycles. The summed E-state index contributed by atoms with van der Waals surface area (Å²) >= 11 is 0. The number of benzene rings is 1. The Morgan fingerprint density at radius 2 is 2.14 bits per heavy atom. The maximum atomic E-state index is 13.3. The first-order valence-corrected chi connectivity index (χ1v) is 9.10. The highest BCUT2D eigenvalue weighted by Gasteiger charge is 2.40. The fraction of sp³-hybridized carbons (Fsp3) is 0.263. The SMILES string of the molecule is C[C@@H](c1ccc2nc[nH]c2c1)c1cnc(N)nc1Nc1cc([C@@H]2C[C@H]2F)[nH]n1. The largest absolute Gasteiger partial charge is 0.368 e. The molecule has 142 valence electrons. The molecule has 1 fully saturated rings. The topological polar surface area (TPSA) is 121 Å². The van der Waals surface area contributed by atoms with Gasteiger partial charge in [0.25, 0.3) is 0 Å². The van der Waals surface area contributed by atoms with Crippen molar-refractivity contribution < 1.29 is 4.39 Å². The van der Waals surface area contributed by atoms with Crippen molar-refractivity contribution >= 4 is 28.6 Å². The Morgan fingerprint density at radius 1 is 1.29 bits per heavy atom. The van der Waals surface area contributed by atoms with Crippen LogP contribution in [0.5, 0.6) is 0 Å². The monoisotopic (exact) mass is 378 g/mol. The Kier molecular flexibility index (Phi) is 3.75. The molecule has 3 aromatic heterocycles. The number of nitrogens with zero attached hydrogens (tertiary/aromatic N) is 4. The molecule has 3 atom stereocenters. The molecule has 1 aliphatic rings. The number of rotatable bonds is 5. The molecule has 0 bridgehead atoms. The third kappa shape index (κ3) is 2.94. The van der Waals surface area contributed by atoms with E-state index >= 15 is 0 Å². The summed E-state index contributed by atoms with van der Waals surface area (Å²) in [5.41, 5.74) is 10.5. The molecule has 5 rings (SSSR count). The molecule has 0 saturated heterocycles. The van der Waals surface area contributed by atoms with E-state index in [4.69, 9.17) is 5.73 Å². The lowest BCUT2D eigenvalue weighted by Crippen LogP contribution is -2.07. The molecule has 5 N–H and O–H groups in total. The van der Waals surface area contributed by atoms with Crippen molar-refractivity contribution in [2.75, 3.05) is 11.1 Å². The second-order valence-corrected chi connectivity index (χ2v) is 7.12. The van der Waals surface area contributed by atoms with Crippen molar-refractivity contribution in [1.29, 1.82) is 0 Å². The Morgan fingerprint density at radius 3 is 2.96 bits per heavy atom. The summed E-state index contributed by atoms with van der Waals surface area (Å²) in [6, 6.07) is 7.89. The normalized spacial score (nSPS) is 19.6. The minimum Gasteiger partial charge on any atom is -0.368 e. The van der Waals surface area contributed by atoms with Crippen LogP contribution in [-0.4, -0.2) is 36.3 Å². The van der Waals surface area contributed by atoms with Crippen molar-refractivity contribution in [2.45, 2.75) is 31.4 Å². The third-order valence-electron chi connectivity index (χ3n) is 5.20. The second-order valence-electron chi connectivity index (χ2n) is 7.12. The summed E-state index contributed by atoms with van der Waals surface area (Å²) in [4.78, 5) is 15.9. The summed E-state index contributed by atoms with van der Waals surface area (Å²) in [5, 5.41) is 10.3. The van der Waals surface area contributed by atoms with E-state index in [0.29, 0.717) is 18.1 Å². The molecule has 8 nitrogen and oxygen atoms in total. The molecule has 4 aromatic rings. The lowest BCUT2D eigenvalue weighted by molar-refractivity contribution is 0.466. The number of hydrogen-bond donors (Lipinski definition) is 4. The third-order valence-corrected chi connectivity index (χ3v) is 5.20. The molecule has 3 heterocycles. The van der Waals surface area contributed by atoms with Crippen LogP contribution in [0.2, 0.25) is 0 Å². The lowest BCUT2D eigenvalue weighted by Gasteiger charge is -2.16. The predicted molar refractivity (Wildman–Crippen MR) is 104 cm³/mol. The van der Waals surface area contributed by atoms with Gasteiger partial charge in [0.05, 0.1) is 17.4 Å². The van der Waals surface area contributed by atoms with Crippen LogP contribution in [0.4, 0.5) is 22.0 Å². The molecule has 1 aromatic carbocycles. The summed E-state index contributed by atoms with van der Waals surface area (Å²) in [6.07, 6.45) is 3.16. The van der Waals surface area contributed by atoms with E-state index in [2.05, 4.69) is 48.4 Å². The number of H-pyrrole nitrogens is 2. The van der Waals surface area contributed by atoms with E-state index in [1.54, 1.807) is 12.5 Å². The number of anilines is 3. The molecule has 0 unspecified atom stereocenters. The van der Waals surface area contributed by atoms with Gasteiger partial charge in [-0.25, -0.2) is 14.4 Å². The second kappa shape index (κ2) is 6.29. The van der Waals surface area contributed by atoms with E-state index in [0.717, 1.165) is 27.9 Å². The Hall–Kier alpha value is -3.49. The van der Waals surface area contributed by atoms with Gasteiger partial charge in [0, 0.05) is 35.4 Å². The Balaban J connectivity index is 1.46. The summed E-state index contributed by atoms with van der Waals surface area (Å²) in [6.45, 7) is 2.07. The van der Waals surface area contributed by atoms with Crippen LogP contribution >= 0.6 is 0 Å². The average molecular weight is 378 g/mol. The van der Waals surface area contributed by atoms with E-state index < -0.39 is 6.17 Å². The number of imidazole rings is 1. The molecule has 1 aliphatic carbocycles. The quantitative estimate of drug-likeness (QED) is 0.422. The van der Waals surface area contributed by atoms with E-state index in [9.17, 15) is 4.39 Å². The molecule has 0 radical (unpaired) electrons. The molecular formula is C19H19FN8. The maximum absolute atomic E-state index is 13.3. The number of halogens is 1. The summed E-state index contributed by atoms with van der Waals surface area (Å²) < 4.78 is 13.3. The zero-order valence-corrected chi connectivity index (χ0v) is 15.1. The highest BCUT2D eigenvalue weighted by Crippen LogP contribution is 2.43. The maximum Gasteiger partial charge on any atom is 0.221 e. The van der Waals surface area contributed by atoms with Gasteiger partial charge in [-0.1, -0.05) is 13.0 Å². The van der Waals surface area contributed by atoms with Crippen molar-refractivity contribution in [3.8, 4) is 0 Å². The van der Waals surface area contributed by atoms with Gasteiger partial charge in [0.1, 0.15) is 12.0 Å². The average Bonchev–Trinajstić information content (AvgIpc) is 3.09. The van der Waals surface area contributed by atoms with Crippen molar-refractivity contribution in [1.82, 2.24) is 30.1 Å².